The Morgan fingerprint density at radius 3 is 2.14 bits per heavy atom. The van der Waals surface area contributed by atoms with Crippen molar-refractivity contribution < 1.29 is 14.3 Å². The molecule has 0 aromatic rings. The number of carbonyl (C=O) groups excluding carboxylic acids is 2. The second kappa shape index (κ2) is 2.45. The van der Waals surface area contributed by atoms with Crippen LogP contribution in [0.15, 0.2) is 0 Å². The van der Waals surface area contributed by atoms with Crippen molar-refractivity contribution in [3.63, 3.8) is 0 Å². The van der Waals surface area contributed by atoms with Gasteiger partial charge >= 0.3 is 0 Å². The fourth-order valence-corrected chi connectivity index (χ4v) is 3.29. The molecule has 2 bridgehead atoms. The molecule has 0 aliphatic carbocycles. The van der Waals surface area contributed by atoms with Gasteiger partial charge in [0, 0.05) is 5.41 Å². The van der Waals surface area contributed by atoms with Crippen molar-refractivity contribution >= 4 is 12.6 Å². The lowest BCUT2D eigenvalue weighted by molar-refractivity contribution is -0.150. The molecule has 2 rings (SSSR count). The third kappa shape index (κ3) is 0.817. The van der Waals surface area contributed by atoms with Crippen LogP contribution in [0.2, 0.25) is 0 Å². The molecule has 0 spiro atoms. The summed E-state index contributed by atoms with van der Waals surface area (Å²) in [4.78, 5) is 22.4. The van der Waals surface area contributed by atoms with Crippen molar-refractivity contribution in [3.8, 4) is 0 Å². The molecule has 0 amide bonds. The fourth-order valence-electron chi connectivity index (χ4n) is 3.29. The van der Waals surface area contributed by atoms with E-state index in [-0.39, 0.29) is 11.5 Å². The van der Waals surface area contributed by atoms with Gasteiger partial charge in [-0.3, -0.25) is 0 Å². The number of hydrogen-bond donors (Lipinski definition) is 0. The number of carbonyl (C=O) groups is 2. The topological polar surface area (TPSA) is 43.4 Å². The third-order valence-electron chi connectivity index (χ3n) is 4.02. The van der Waals surface area contributed by atoms with Crippen molar-refractivity contribution in [3.05, 3.63) is 0 Å². The summed E-state index contributed by atoms with van der Waals surface area (Å²) in [6, 6.07) is 0. The van der Waals surface area contributed by atoms with Crippen molar-refractivity contribution in [2.75, 3.05) is 0 Å². The number of aldehydes is 2. The van der Waals surface area contributed by atoms with E-state index in [0.29, 0.717) is 6.42 Å². The van der Waals surface area contributed by atoms with Crippen molar-refractivity contribution in [2.24, 2.45) is 10.8 Å². The Morgan fingerprint density at radius 1 is 1.14 bits per heavy atom. The van der Waals surface area contributed by atoms with E-state index in [9.17, 15) is 9.59 Å². The average molecular weight is 196 g/mol. The van der Waals surface area contributed by atoms with Gasteiger partial charge in [-0.2, -0.15) is 0 Å². The van der Waals surface area contributed by atoms with Crippen LogP contribution >= 0.6 is 0 Å². The Balaban J connectivity index is 2.54. The quantitative estimate of drug-likeness (QED) is 0.626. The maximum Gasteiger partial charge on any atom is 0.153 e. The van der Waals surface area contributed by atoms with E-state index >= 15 is 0 Å². The summed E-state index contributed by atoms with van der Waals surface area (Å²) in [5.41, 5.74) is -1.76. The van der Waals surface area contributed by atoms with Crippen LogP contribution < -0.4 is 0 Å². The van der Waals surface area contributed by atoms with E-state index in [4.69, 9.17) is 4.74 Å². The minimum atomic E-state index is -0.896. The zero-order chi connectivity index (χ0) is 10.6. The van der Waals surface area contributed by atoms with Gasteiger partial charge in [-0.1, -0.05) is 13.8 Å². The van der Waals surface area contributed by atoms with Crippen LogP contribution in [0, 0.1) is 10.8 Å². The molecule has 0 N–H and O–H groups in total. The predicted molar refractivity (Wildman–Crippen MR) is 50.9 cm³/mol. The molecule has 1 unspecified atom stereocenters. The summed E-state index contributed by atoms with van der Waals surface area (Å²) in [5.74, 6) is 0. The molecule has 3 heteroatoms. The van der Waals surface area contributed by atoms with E-state index in [1.54, 1.807) is 0 Å². The lowest BCUT2D eigenvalue weighted by Gasteiger charge is -2.44. The average Bonchev–Trinajstić information content (AvgIpc) is 2.52. The number of ether oxygens (including phenoxy) is 1. The van der Waals surface area contributed by atoms with Gasteiger partial charge in [0.05, 0.1) is 11.5 Å². The molecule has 2 fully saturated rings. The number of fused-ring (bicyclic) bond motifs is 2. The van der Waals surface area contributed by atoms with E-state index < -0.39 is 11.0 Å². The van der Waals surface area contributed by atoms with Crippen LogP contribution in [-0.2, 0) is 14.3 Å². The first kappa shape index (κ1) is 9.84. The van der Waals surface area contributed by atoms with Crippen molar-refractivity contribution in [2.45, 2.75) is 45.3 Å². The second-order valence-corrected chi connectivity index (χ2v) is 5.42. The molecule has 2 saturated heterocycles. The maximum atomic E-state index is 11.3. The molecule has 3 nitrogen and oxygen atoms in total. The van der Waals surface area contributed by atoms with Crippen LogP contribution in [0.25, 0.3) is 0 Å². The Labute approximate surface area is 83.8 Å². The Morgan fingerprint density at radius 2 is 1.79 bits per heavy atom. The molecule has 0 aromatic carbocycles. The minimum absolute atomic E-state index is 0.0744. The van der Waals surface area contributed by atoms with E-state index in [0.717, 1.165) is 19.0 Å². The lowest BCUT2D eigenvalue weighted by atomic mass is 9.57. The molecule has 14 heavy (non-hydrogen) atoms. The Bertz CT molecular complexity index is 297. The van der Waals surface area contributed by atoms with Crippen molar-refractivity contribution in [1.82, 2.24) is 0 Å². The first-order valence-electron chi connectivity index (χ1n) is 5.01. The molecule has 2 aliphatic rings. The highest BCUT2D eigenvalue weighted by atomic mass is 16.5. The van der Waals surface area contributed by atoms with Gasteiger partial charge in [0.25, 0.3) is 0 Å². The largest absolute Gasteiger partial charge is 0.363 e. The first-order chi connectivity index (χ1) is 6.41. The highest BCUT2D eigenvalue weighted by Crippen LogP contribution is 2.61. The van der Waals surface area contributed by atoms with Crippen LogP contribution in [0.3, 0.4) is 0 Å². The zero-order valence-electron chi connectivity index (χ0n) is 8.87. The van der Waals surface area contributed by atoms with Crippen LogP contribution in [-0.4, -0.2) is 24.3 Å². The lowest BCUT2D eigenvalue weighted by Crippen LogP contribution is -2.55. The van der Waals surface area contributed by atoms with Gasteiger partial charge in [-0.25, -0.2) is 0 Å². The highest BCUT2D eigenvalue weighted by Gasteiger charge is 2.69. The van der Waals surface area contributed by atoms with Gasteiger partial charge in [-0.15, -0.1) is 0 Å². The van der Waals surface area contributed by atoms with E-state index in [1.807, 2.05) is 20.8 Å². The smallest absolute Gasteiger partial charge is 0.153 e. The molecule has 0 radical (unpaired) electrons. The zero-order valence-corrected chi connectivity index (χ0v) is 8.87. The summed E-state index contributed by atoms with van der Waals surface area (Å²) in [5, 5.41) is 0. The van der Waals surface area contributed by atoms with Gasteiger partial charge in [0.1, 0.15) is 11.9 Å². The van der Waals surface area contributed by atoms with Crippen molar-refractivity contribution in [1.29, 1.82) is 0 Å². The summed E-state index contributed by atoms with van der Waals surface area (Å²) >= 11 is 0. The minimum Gasteiger partial charge on any atom is -0.363 e. The standard InChI is InChI=1S/C11H16O3/c1-9(2)4-8-5-10(3,6-12)11(9,7-13)14-8/h6-8H,4-5H2,1-3H3/t8-,10+,11?/m1/s1. The van der Waals surface area contributed by atoms with Gasteiger partial charge in [0.15, 0.2) is 6.29 Å². The molecule has 0 aromatic heterocycles. The molecule has 3 atom stereocenters. The second-order valence-electron chi connectivity index (χ2n) is 5.42. The van der Waals surface area contributed by atoms with E-state index in [2.05, 4.69) is 0 Å². The van der Waals surface area contributed by atoms with Gasteiger partial charge in [-0.05, 0) is 19.8 Å². The summed E-state index contributed by atoms with van der Waals surface area (Å²) in [6.07, 6.45) is 3.36. The van der Waals surface area contributed by atoms with E-state index in [1.165, 1.54) is 0 Å². The normalized spacial score (nSPS) is 49.2. The maximum absolute atomic E-state index is 11.3. The molecule has 0 saturated carbocycles. The molecule has 2 aliphatic heterocycles. The molecule has 2 heterocycles. The monoisotopic (exact) mass is 196 g/mol. The van der Waals surface area contributed by atoms with Crippen LogP contribution in [0.4, 0.5) is 0 Å². The molecular formula is C11H16O3. The molecular weight excluding hydrogens is 180 g/mol. The van der Waals surface area contributed by atoms with Gasteiger partial charge < -0.3 is 14.3 Å². The predicted octanol–water partition coefficient (Wildman–Crippen LogP) is 1.35. The Kier molecular flexibility index (Phi) is 1.72. The first-order valence-corrected chi connectivity index (χ1v) is 5.01. The summed E-state index contributed by atoms with van der Waals surface area (Å²) in [6.45, 7) is 5.83. The SMILES string of the molecule is CC1(C)C[C@@H]2C[C@@](C)(C=O)C1(C=O)O2. The van der Waals surface area contributed by atoms with Crippen LogP contribution in [0.5, 0.6) is 0 Å². The number of hydrogen-bond acceptors (Lipinski definition) is 3. The summed E-state index contributed by atoms with van der Waals surface area (Å²) in [7, 11) is 0. The van der Waals surface area contributed by atoms with Gasteiger partial charge in [0.2, 0.25) is 0 Å². The highest BCUT2D eigenvalue weighted by molar-refractivity contribution is 5.78. The molecule has 78 valence electrons. The fraction of sp³-hybridized carbons (Fsp3) is 0.818. The Hall–Kier alpha value is -0.700. The third-order valence-corrected chi connectivity index (χ3v) is 4.02. The number of rotatable bonds is 2. The summed E-state index contributed by atoms with van der Waals surface area (Å²) < 4.78 is 5.73. The van der Waals surface area contributed by atoms with Crippen LogP contribution in [0.1, 0.15) is 33.6 Å².